The number of hydrogen-bond donors (Lipinski definition) is 1. The number of tetrazole rings is 1. The molecule has 0 saturated heterocycles. The van der Waals surface area contributed by atoms with Crippen LogP contribution in [0.5, 0.6) is 11.6 Å². The van der Waals surface area contributed by atoms with Gasteiger partial charge in [0.1, 0.15) is 23.9 Å². The number of rotatable bonds is 11. The molecule has 11 nitrogen and oxygen atoms in total. The molecule has 0 spiro atoms. The summed E-state index contributed by atoms with van der Waals surface area (Å²) in [6.45, 7) is 2.28. The van der Waals surface area contributed by atoms with Crippen molar-refractivity contribution in [2.45, 2.75) is 70.1 Å². The molecular formula is C27H30ClF2N9O2. The van der Waals surface area contributed by atoms with E-state index in [1.54, 1.807) is 23.1 Å². The molecule has 1 aromatic carbocycles. The highest BCUT2D eigenvalue weighted by Gasteiger charge is 2.57. The van der Waals surface area contributed by atoms with Crippen molar-refractivity contribution in [2.24, 2.45) is 5.92 Å². The molecule has 2 aliphatic rings. The third-order valence-corrected chi connectivity index (χ3v) is 7.66. The van der Waals surface area contributed by atoms with Crippen LogP contribution in [-0.2, 0) is 6.54 Å². The highest BCUT2D eigenvalue weighted by Crippen LogP contribution is 2.48. The number of benzene rings is 1. The average Bonchev–Trinajstić information content (AvgIpc) is 3.31. The Morgan fingerprint density at radius 1 is 1.15 bits per heavy atom. The van der Waals surface area contributed by atoms with E-state index in [9.17, 15) is 8.78 Å². The number of aromatic nitrogens is 8. The van der Waals surface area contributed by atoms with E-state index in [0.717, 1.165) is 36.8 Å². The molecule has 2 saturated carbocycles. The van der Waals surface area contributed by atoms with Crippen molar-refractivity contribution in [1.82, 2.24) is 40.0 Å². The molecule has 1 N–H and O–H groups in total. The van der Waals surface area contributed by atoms with Crippen molar-refractivity contribution in [2.75, 3.05) is 11.9 Å². The average molecular weight is 586 g/mol. The van der Waals surface area contributed by atoms with Gasteiger partial charge in [-0.05, 0) is 47.9 Å². The summed E-state index contributed by atoms with van der Waals surface area (Å²) in [7, 11) is 0. The Morgan fingerprint density at radius 2 is 1.93 bits per heavy atom. The number of hydrogen-bond acceptors (Lipinski definition) is 9. The number of nitrogens with one attached hydrogen (secondary N) is 1. The highest BCUT2D eigenvalue weighted by molar-refractivity contribution is 6.32. The lowest BCUT2D eigenvalue weighted by Crippen LogP contribution is -2.20. The van der Waals surface area contributed by atoms with Gasteiger partial charge in [0, 0.05) is 24.4 Å². The monoisotopic (exact) mass is 585 g/mol. The van der Waals surface area contributed by atoms with E-state index in [0.29, 0.717) is 29.0 Å². The molecule has 3 heterocycles. The summed E-state index contributed by atoms with van der Waals surface area (Å²) in [6, 6.07) is 5.71. The first-order chi connectivity index (χ1) is 19.8. The van der Waals surface area contributed by atoms with Gasteiger partial charge in [0.05, 0.1) is 36.3 Å². The SMILES string of the molecule is C[C@@H](Cn1cnnn1)Oc1cc(-c2cnc(Nc3cn(C4CCCCC4)nc3OC[C@@H]3CC3(F)F)nc2)ccc1Cl. The van der Waals surface area contributed by atoms with Crippen molar-refractivity contribution in [1.29, 1.82) is 0 Å². The second-order valence-corrected chi connectivity index (χ2v) is 11.0. The molecule has 216 valence electrons. The van der Waals surface area contributed by atoms with Crippen LogP contribution in [0.2, 0.25) is 5.02 Å². The minimum absolute atomic E-state index is 0.0849. The predicted molar refractivity (Wildman–Crippen MR) is 147 cm³/mol. The van der Waals surface area contributed by atoms with Gasteiger partial charge in [-0.25, -0.2) is 23.4 Å². The summed E-state index contributed by atoms with van der Waals surface area (Å²) in [5.41, 5.74) is 2.13. The van der Waals surface area contributed by atoms with Gasteiger partial charge in [0.15, 0.2) is 0 Å². The van der Waals surface area contributed by atoms with Crippen molar-refractivity contribution in [3.8, 4) is 22.8 Å². The third kappa shape index (κ3) is 6.55. The van der Waals surface area contributed by atoms with Crippen LogP contribution >= 0.6 is 11.6 Å². The van der Waals surface area contributed by atoms with Crippen LogP contribution in [0.15, 0.2) is 43.1 Å². The van der Waals surface area contributed by atoms with Gasteiger partial charge < -0.3 is 14.8 Å². The highest BCUT2D eigenvalue weighted by atomic mass is 35.5. The fraction of sp³-hybridized carbons (Fsp3) is 0.481. The summed E-state index contributed by atoms with van der Waals surface area (Å²) in [5, 5.41) is 19.4. The Morgan fingerprint density at radius 3 is 2.63 bits per heavy atom. The van der Waals surface area contributed by atoms with Crippen LogP contribution in [-0.4, -0.2) is 58.6 Å². The smallest absolute Gasteiger partial charge is 0.256 e. The molecule has 41 heavy (non-hydrogen) atoms. The zero-order valence-electron chi connectivity index (χ0n) is 22.5. The fourth-order valence-electron chi connectivity index (χ4n) is 4.95. The molecule has 0 aliphatic heterocycles. The first kappa shape index (κ1) is 27.3. The lowest BCUT2D eigenvalue weighted by Gasteiger charge is -2.21. The molecule has 4 aromatic rings. The Hall–Kier alpha value is -3.87. The summed E-state index contributed by atoms with van der Waals surface area (Å²) in [4.78, 5) is 8.95. The van der Waals surface area contributed by atoms with Gasteiger partial charge in [-0.3, -0.25) is 4.68 Å². The van der Waals surface area contributed by atoms with Crippen molar-refractivity contribution in [3.63, 3.8) is 0 Å². The van der Waals surface area contributed by atoms with E-state index in [1.807, 2.05) is 29.9 Å². The largest absolute Gasteiger partial charge is 0.487 e. The molecule has 2 atom stereocenters. The molecular weight excluding hydrogens is 556 g/mol. The minimum atomic E-state index is -2.65. The topological polar surface area (TPSA) is 118 Å². The van der Waals surface area contributed by atoms with Crippen molar-refractivity contribution in [3.05, 3.63) is 48.1 Å². The van der Waals surface area contributed by atoms with Crippen LogP contribution in [0.25, 0.3) is 11.1 Å². The Balaban J connectivity index is 1.15. The van der Waals surface area contributed by atoms with E-state index in [-0.39, 0.29) is 31.1 Å². The lowest BCUT2D eigenvalue weighted by atomic mass is 9.96. The first-order valence-corrected chi connectivity index (χ1v) is 14.1. The molecule has 0 radical (unpaired) electrons. The Kier molecular flexibility index (Phi) is 7.69. The molecule has 3 aromatic heterocycles. The third-order valence-electron chi connectivity index (χ3n) is 7.35. The molecule has 0 unspecified atom stereocenters. The maximum absolute atomic E-state index is 13.4. The zero-order valence-corrected chi connectivity index (χ0v) is 23.2. The van der Waals surface area contributed by atoms with Crippen LogP contribution in [0.4, 0.5) is 20.4 Å². The first-order valence-electron chi connectivity index (χ1n) is 13.7. The van der Waals surface area contributed by atoms with Crippen LogP contribution in [0, 0.1) is 5.92 Å². The normalized spacial score (nSPS) is 19.1. The fourth-order valence-corrected chi connectivity index (χ4v) is 5.11. The minimum Gasteiger partial charge on any atom is -0.487 e. The van der Waals surface area contributed by atoms with Gasteiger partial charge >= 0.3 is 0 Å². The predicted octanol–water partition coefficient (Wildman–Crippen LogP) is 5.73. The van der Waals surface area contributed by atoms with Crippen LogP contribution < -0.4 is 14.8 Å². The van der Waals surface area contributed by atoms with Crippen LogP contribution in [0.3, 0.4) is 0 Å². The van der Waals surface area contributed by atoms with E-state index in [1.165, 1.54) is 12.7 Å². The number of halogens is 3. The quantitative estimate of drug-likeness (QED) is 0.235. The summed E-state index contributed by atoms with van der Waals surface area (Å²) >= 11 is 6.39. The summed E-state index contributed by atoms with van der Waals surface area (Å²) in [6.07, 6.45) is 11.9. The van der Waals surface area contributed by atoms with Gasteiger partial charge in [-0.15, -0.1) is 10.2 Å². The maximum Gasteiger partial charge on any atom is 0.256 e. The summed E-state index contributed by atoms with van der Waals surface area (Å²) < 4.78 is 42.1. The molecule has 0 bridgehead atoms. The van der Waals surface area contributed by atoms with Gasteiger partial charge in [-0.1, -0.05) is 36.9 Å². The molecule has 0 amide bonds. The second kappa shape index (κ2) is 11.6. The van der Waals surface area contributed by atoms with Crippen molar-refractivity contribution < 1.29 is 18.3 Å². The standard InChI is InChI=1S/C27H30ClF2N9O2/c1-17(13-38-16-33-36-37-38)41-24-9-18(7-8-22(24)28)19-11-31-26(32-12-19)34-23-14-39(21-5-3-2-4-6-21)35-25(23)40-15-20-10-27(20,29)30/h7-9,11-12,14,16-17,20-21H,2-6,10,13,15H2,1H3,(H,31,32,34)/t17-,20-/m0/s1. The summed E-state index contributed by atoms with van der Waals surface area (Å²) in [5.74, 6) is -2.30. The molecule has 14 heteroatoms. The van der Waals surface area contributed by atoms with E-state index < -0.39 is 11.8 Å². The van der Waals surface area contributed by atoms with E-state index in [4.69, 9.17) is 21.1 Å². The Labute approximate surface area is 240 Å². The van der Waals surface area contributed by atoms with Crippen LogP contribution in [0.1, 0.15) is 51.5 Å². The van der Waals surface area contributed by atoms with Crippen molar-refractivity contribution >= 4 is 23.2 Å². The van der Waals surface area contributed by atoms with E-state index >= 15 is 0 Å². The molecule has 6 rings (SSSR count). The zero-order chi connectivity index (χ0) is 28.4. The van der Waals surface area contributed by atoms with Gasteiger partial charge in [0.2, 0.25) is 5.95 Å². The lowest BCUT2D eigenvalue weighted by molar-refractivity contribution is 0.0848. The number of alkyl halides is 2. The molecule has 2 aliphatic carbocycles. The molecule has 2 fully saturated rings. The number of ether oxygens (including phenoxy) is 2. The Bertz CT molecular complexity index is 1460. The second-order valence-electron chi connectivity index (χ2n) is 10.6. The number of anilines is 2. The van der Waals surface area contributed by atoms with Gasteiger partial charge in [0.25, 0.3) is 11.8 Å². The van der Waals surface area contributed by atoms with Gasteiger partial charge in [-0.2, -0.15) is 0 Å². The maximum atomic E-state index is 13.4. The number of nitrogens with zero attached hydrogens (tertiary/aromatic N) is 8. The van der Waals surface area contributed by atoms with E-state index in [2.05, 4.69) is 35.9 Å².